The second-order valence-corrected chi connectivity index (χ2v) is 5.09. The zero-order valence-electron chi connectivity index (χ0n) is 11.5. The van der Waals surface area contributed by atoms with E-state index in [0.717, 1.165) is 30.9 Å². The summed E-state index contributed by atoms with van der Waals surface area (Å²) in [5.41, 5.74) is 1.00. The SMILES string of the molecule is CCN(CC(=O)O)C1CC(Nc2cccc(C)n2)C1. The van der Waals surface area contributed by atoms with Crippen LogP contribution >= 0.6 is 0 Å². The maximum absolute atomic E-state index is 10.8. The number of aryl methyl sites for hydroxylation is 1. The Kier molecular flexibility index (Phi) is 4.37. The molecule has 19 heavy (non-hydrogen) atoms. The molecule has 0 radical (unpaired) electrons. The lowest BCUT2D eigenvalue weighted by Crippen LogP contribution is -2.51. The lowest BCUT2D eigenvalue weighted by Gasteiger charge is -2.42. The summed E-state index contributed by atoms with van der Waals surface area (Å²) in [5, 5.41) is 12.2. The van der Waals surface area contributed by atoms with Crippen LogP contribution in [0.1, 0.15) is 25.5 Å². The average molecular weight is 263 g/mol. The van der Waals surface area contributed by atoms with Crippen molar-refractivity contribution in [2.24, 2.45) is 0 Å². The van der Waals surface area contributed by atoms with Crippen molar-refractivity contribution in [3.8, 4) is 0 Å². The second-order valence-electron chi connectivity index (χ2n) is 5.09. The number of carbonyl (C=O) groups is 1. The van der Waals surface area contributed by atoms with Crippen LogP contribution in [0.3, 0.4) is 0 Å². The predicted octanol–water partition coefficient (Wildman–Crippen LogP) is 1.74. The van der Waals surface area contributed by atoms with Gasteiger partial charge in [-0.15, -0.1) is 0 Å². The molecule has 1 fully saturated rings. The van der Waals surface area contributed by atoms with Crippen molar-refractivity contribution >= 4 is 11.8 Å². The number of nitrogens with one attached hydrogen (secondary N) is 1. The average Bonchev–Trinajstić information content (AvgIpc) is 2.30. The van der Waals surface area contributed by atoms with Gasteiger partial charge < -0.3 is 10.4 Å². The van der Waals surface area contributed by atoms with Crippen LogP contribution in [-0.2, 0) is 4.79 Å². The van der Waals surface area contributed by atoms with Crippen molar-refractivity contribution in [1.29, 1.82) is 0 Å². The molecule has 0 spiro atoms. The van der Waals surface area contributed by atoms with Gasteiger partial charge in [-0.1, -0.05) is 13.0 Å². The second kappa shape index (κ2) is 6.02. The molecule has 2 N–H and O–H groups in total. The fourth-order valence-electron chi connectivity index (χ4n) is 2.51. The molecule has 5 nitrogen and oxygen atoms in total. The largest absolute Gasteiger partial charge is 0.480 e. The predicted molar refractivity (Wildman–Crippen MR) is 74.3 cm³/mol. The summed E-state index contributed by atoms with van der Waals surface area (Å²) in [6.07, 6.45) is 1.97. The summed E-state index contributed by atoms with van der Waals surface area (Å²) < 4.78 is 0. The number of anilines is 1. The molecule has 5 heteroatoms. The van der Waals surface area contributed by atoms with Gasteiger partial charge in [-0.05, 0) is 38.4 Å². The molecule has 0 bridgehead atoms. The van der Waals surface area contributed by atoms with E-state index in [1.54, 1.807) is 0 Å². The molecule has 1 aromatic rings. The Labute approximate surface area is 113 Å². The standard InChI is InChI=1S/C14H21N3O2/c1-3-17(9-14(18)19)12-7-11(8-12)16-13-6-4-5-10(2)15-13/h4-6,11-12H,3,7-9H2,1-2H3,(H,15,16)(H,18,19). The molecule has 104 valence electrons. The number of carboxylic acid groups (broad SMARTS) is 1. The first-order chi connectivity index (χ1) is 9.08. The molecule has 2 rings (SSSR count). The van der Waals surface area contributed by atoms with Gasteiger partial charge in [-0.2, -0.15) is 0 Å². The van der Waals surface area contributed by atoms with Crippen LogP contribution in [0.25, 0.3) is 0 Å². The molecule has 1 aliphatic carbocycles. The molecule has 1 heterocycles. The molecule has 0 atom stereocenters. The third-order valence-corrected chi connectivity index (χ3v) is 3.61. The molecule has 1 aromatic heterocycles. The maximum Gasteiger partial charge on any atom is 0.317 e. The van der Waals surface area contributed by atoms with Crippen LogP contribution in [0, 0.1) is 6.92 Å². The first-order valence-corrected chi connectivity index (χ1v) is 6.74. The van der Waals surface area contributed by atoms with Crippen LogP contribution in [0.15, 0.2) is 18.2 Å². The van der Waals surface area contributed by atoms with Crippen LogP contribution < -0.4 is 5.32 Å². The third kappa shape index (κ3) is 3.67. The highest BCUT2D eigenvalue weighted by molar-refractivity contribution is 5.69. The van der Waals surface area contributed by atoms with Crippen LogP contribution in [0.2, 0.25) is 0 Å². The molecule has 1 aliphatic rings. The zero-order valence-corrected chi connectivity index (χ0v) is 11.5. The van der Waals surface area contributed by atoms with Gasteiger partial charge in [0.25, 0.3) is 0 Å². The molecule has 0 aromatic carbocycles. The van der Waals surface area contributed by atoms with E-state index in [2.05, 4.69) is 10.3 Å². The number of rotatable bonds is 6. The highest BCUT2D eigenvalue weighted by Crippen LogP contribution is 2.28. The van der Waals surface area contributed by atoms with Crippen LogP contribution in [0.4, 0.5) is 5.82 Å². The number of aliphatic carboxylic acids is 1. The smallest absolute Gasteiger partial charge is 0.317 e. The van der Waals surface area contributed by atoms with Gasteiger partial charge in [0.15, 0.2) is 0 Å². The summed E-state index contributed by atoms with van der Waals surface area (Å²) in [5.74, 6) is 0.156. The Morgan fingerprint density at radius 3 is 2.84 bits per heavy atom. The van der Waals surface area contributed by atoms with E-state index in [4.69, 9.17) is 5.11 Å². The van der Waals surface area contributed by atoms with Crippen molar-refractivity contribution in [2.45, 2.75) is 38.8 Å². The monoisotopic (exact) mass is 263 g/mol. The normalized spacial score (nSPS) is 22.1. The van der Waals surface area contributed by atoms with E-state index in [9.17, 15) is 4.79 Å². The fourth-order valence-corrected chi connectivity index (χ4v) is 2.51. The molecular weight excluding hydrogens is 242 g/mol. The van der Waals surface area contributed by atoms with Gasteiger partial charge in [0, 0.05) is 17.8 Å². The molecule has 0 amide bonds. The van der Waals surface area contributed by atoms with Crippen molar-refractivity contribution < 1.29 is 9.90 Å². The summed E-state index contributed by atoms with van der Waals surface area (Å²) >= 11 is 0. The number of nitrogens with zero attached hydrogens (tertiary/aromatic N) is 2. The van der Waals surface area contributed by atoms with Crippen molar-refractivity contribution in [2.75, 3.05) is 18.4 Å². The summed E-state index contributed by atoms with van der Waals surface area (Å²) in [7, 11) is 0. The molecule has 0 aliphatic heterocycles. The minimum atomic E-state index is -0.751. The number of hydrogen-bond acceptors (Lipinski definition) is 4. The maximum atomic E-state index is 10.8. The Bertz CT molecular complexity index is 444. The van der Waals surface area contributed by atoms with Crippen molar-refractivity contribution in [3.63, 3.8) is 0 Å². The Balaban J connectivity index is 1.81. The molecular formula is C14H21N3O2. The lowest BCUT2D eigenvalue weighted by molar-refractivity contribution is -0.139. The van der Waals surface area contributed by atoms with Gasteiger partial charge in [0.1, 0.15) is 5.82 Å². The van der Waals surface area contributed by atoms with Gasteiger partial charge >= 0.3 is 5.97 Å². The first-order valence-electron chi connectivity index (χ1n) is 6.74. The summed E-state index contributed by atoms with van der Waals surface area (Å²) in [4.78, 5) is 17.2. The minimum Gasteiger partial charge on any atom is -0.480 e. The van der Waals surface area contributed by atoms with Gasteiger partial charge in [-0.25, -0.2) is 4.98 Å². The summed E-state index contributed by atoms with van der Waals surface area (Å²) in [6.45, 7) is 4.90. The number of pyridine rings is 1. The van der Waals surface area contributed by atoms with Gasteiger partial charge in [-0.3, -0.25) is 9.69 Å². The quantitative estimate of drug-likeness (QED) is 0.818. The first kappa shape index (κ1) is 13.8. The summed E-state index contributed by atoms with van der Waals surface area (Å²) in [6, 6.07) is 6.71. The van der Waals surface area contributed by atoms with E-state index < -0.39 is 5.97 Å². The number of hydrogen-bond donors (Lipinski definition) is 2. The Hall–Kier alpha value is -1.62. The Morgan fingerprint density at radius 2 is 2.26 bits per heavy atom. The van der Waals surface area contributed by atoms with Crippen LogP contribution in [-0.4, -0.2) is 46.1 Å². The molecule has 0 unspecified atom stereocenters. The molecule has 0 saturated heterocycles. The van der Waals surface area contributed by atoms with Crippen molar-refractivity contribution in [3.05, 3.63) is 23.9 Å². The number of carboxylic acids is 1. The van der Waals surface area contributed by atoms with Crippen LogP contribution in [0.5, 0.6) is 0 Å². The number of likely N-dealkylation sites (N-methyl/N-ethyl adjacent to an activating group) is 1. The van der Waals surface area contributed by atoms with Crippen molar-refractivity contribution in [1.82, 2.24) is 9.88 Å². The van der Waals surface area contributed by atoms with E-state index in [1.807, 2.05) is 36.9 Å². The third-order valence-electron chi connectivity index (χ3n) is 3.61. The highest BCUT2D eigenvalue weighted by Gasteiger charge is 2.33. The van der Waals surface area contributed by atoms with E-state index in [1.165, 1.54) is 0 Å². The number of aromatic nitrogens is 1. The van der Waals surface area contributed by atoms with E-state index in [0.29, 0.717) is 12.1 Å². The van der Waals surface area contributed by atoms with E-state index in [-0.39, 0.29) is 6.54 Å². The zero-order chi connectivity index (χ0) is 13.8. The fraction of sp³-hybridized carbons (Fsp3) is 0.571. The van der Waals surface area contributed by atoms with Gasteiger partial charge in [0.05, 0.1) is 6.54 Å². The molecule has 1 saturated carbocycles. The topological polar surface area (TPSA) is 65.5 Å². The Morgan fingerprint density at radius 1 is 1.53 bits per heavy atom. The lowest BCUT2D eigenvalue weighted by atomic mass is 9.85. The highest BCUT2D eigenvalue weighted by atomic mass is 16.4. The van der Waals surface area contributed by atoms with E-state index >= 15 is 0 Å². The minimum absolute atomic E-state index is 0.135. The van der Waals surface area contributed by atoms with Gasteiger partial charge in [0.2, 0.25) is 0 Å².